The fraction of sp³-hybridized carbons (Fsp3) is 0.231. The number of pyridine rings is 1. The van der Waals surface area contributed by atoms with E-state index in [4.69, 9.17) is 5.11 Å². The molecule has 0 radical (unpaired) electrons. The third-order valence-electron chi connectivity index (χ3n) is 2.82. The van der Waals surface area contributed by atoms with Crippen LogP contribution in [0.2, 0.25) is 0 Å². The number of aromatic nitrogens is 1. The molecule has 0 unspecified atom stereocenters. The van der Waals surface area contributed by atoms with Crippen molar-refractivity contribution in [2.75, 3.05) is 6.61 Å². The van der Waals surface area contributed by atoms with Gasteiger partial charge in [-0.3, -0.25) is 9.53 Å². The first-order valence-electron chi connectivity index (χ1n) is 5.86. The molecule has 0 aliphatic rings. The van der Waals surface area contributed by atoms with Crippen LogP contribution in [0, 0.1) is 0 Å². The van der Waals surface area contributed by atoms with E-state index < -0.39 is 29.9 Å². The Balaban J connectivity index is 2.45. The summed E-state index contributed by atoms with van der Waals surface area (Å²) in [4.78, 5) is 23.0. The van der Waals surface area contributed by atoms with Crippen LogP contribution in [-0.2, 0) is 11.3 Å². The molecular formula is C13H10F3NO4. The highest BCUT2D eigenvalue weighted by atomic mass is 19.4. The fourth-order valence-corrected chi connectivity index (χ4v) is 1.94. The number of carboxylic acid groups (broad SMARTS) is 1. The van der Waals surface area contributed by atoms with Gasteiger partial charge in [-0.2, -0.15) is 0 Å². The predicted molar refractivity (Wildman–Crippen MR) is 67.2 cm³/mol. The number of carboxylic acids is 1. The van der Waals surface area contributed by atoms with Crippen molar-refractivity contribution in [2.45, 2.75) is 12.9 Å². The fourth-order valence-electron chi connectivity index (χ4n) is 1.94. The summed E-state index contributed by atoms with van der Waals surface area (Å²) >= 11 is 0. The Hall–Kier alpha value is -2.35. The summed E-state index contributed by atoms with van der Waals surface area (Å²) in [6, 6.07) is 6.09. The molecule has 5 nitrogen and oxygen atoms in total. The van der Waals surface area contributed by atoms with Crippen molar-refractivity contribution in [2.24, 2.45) is 0 Å². The average Bonchev–Trinajstić information content (AvgIpc) is 2.40. The van der Waals surface area contributed by atoms with Gasteiger partial charge in [0.25, 0.3) is 0 Å². The molecule has 0 aliphatic heterocycles. The highest BCUT2D eigenvalue weighted by Gasteiger charge is 2.28. The molecule has 1 aromatic heterocycles. The molecule has 0 saturated heterocycles. The lowest BCUT2D eigenvalue weighted by Crippen LogP contribution is -2.22. The number of hydrogen-bond acceptors (Lipinski definition) is 3. The van der Waals surface area contributed by atoms with E-state index in [1.54, 1.807) is 12.1 Å². The molecule has 2 rings (SSSR count). The van der Waals surface area contributed by atoms with Crippen LogP contribution in [-0.4, -0.2) is 28.6 Å². The highest BCUT2D eigenvalue weighted by molar-refractivity contribution is 5.92. The Morgan fingerprint density at radius 3 is 2.57 bits per heavy atom. The van der Waals surface area contributed by atoms with Crippen LogP contribution in [0.15, 0.2) is 35.3 Å². The molecule has 0 saturated carbocycles. The van der Waals surface area contributed by atoms with Gasteiger partial charge >= 0.3 is 12.3 Å². The van der Waals surface area contributed by atoms with Crippen molar-refractivity contribution in [3.05, 3.63) is 46.2 Å². The Morgan fingerprint density at radius 1 is 1.29 bits per heavy atom. The first-order valence-corrected chi connectivity index (χ1v) is 5.86. The second kappa shape index (κ2) is 5.57. The van der Waals surface area contributed by atoms with E-state index in [-0.39, 0.29) is 11.9 Å². The summed E-state index contributed by atoms with van der Waals surface area (Å²) in [5.74, 6) is -1.43. The monoisotopic (exact) mass is 301 g/mol. The SMILES string of the molecule is O=C(O)c1cn(CCOC(F)(F)F)c2ccccc2c1=O. The van der Waals surface area contributed by atoms with Crippen LogP contribution in [0.4, 0.5) is 13.2 Å². The zero-order valence-corrected chi connectivity index (χ0v) is 10.6. The van der Waals surface area contributed by atoms with Crippen LogP contribution in [0.1, 0.15) is 10.4 Å². The number of alkyl halides is 3. The molecule has 0 aliphatic carbocycles. The van der Waals surface area contributed by atoms with E-state index in [2.05, 4.69) is 4.74 Å². The third kappa shape index (κ3) is 3.40. The molecule has 0 spiro atoms. The van der Waals surface area contributed by atoms with Gasteiger partial charge in [0.15, 0.2) is 0 Å². The Kier molecular flexibility index (Phi) is 3.99. The number of nitrogens with zero attached hydrogens (tertiary/aromatic N) is 1. The number of carbonyl (C=O) groups is 1. The standard InChI is InChI=1S/C13H10F3NO4/c14-13(15,16)21-6-5-17-7-9(12(19)20)11(18)8-3-1-2-4-10(8)17/h1-4,7H,5-6H2,(H,19,20). The summed E-state index contributed by atoms with van der Waals surface area (Å²) in [7, 11) is 0. The minimum absolute atomic E-state index is 0.129. The highest BCUT2D eigenvalue weighted by Crippen LogP contribution is 2.17. The van der Waals surface area contributed by atoms with Crippen molar-refractivity contribution in [1.29, 1.82) is 0 Å². The zero-order valence-electron chi connectivity index (χ0n) is 10.6. The van der Waals surface area contributed by atoms with Gasteiger partial charge in [-0.1, -0.05) is 12.1 Å². The van der Waals surface area contributed by atoms with Gasteiger partial charge in [0.2, 0.25) is 5.43 Å². The normalized spacial score (nSPS) is 11.8. The summed E-state index contributed by atoms with van der Waals surface area (Å²) < 4.78 is 40.8. The minimum atomic E-state index is -4.76. The summed E-state index contributed by atoms with van der Waals surface area (Å²) in [6.45, 7) is -0.921. The zero-order chi connectivity index (χ0) is 15.6. The topological polar surface area (TPSA) is 68.5 Å². The number of para-hydroxylation sites is 1. The number of ether oxygens (including phenoxy) is 1. The first kappa shape index (κ1) is 15.0. The maximum Gasteiger partial charge on any atom is 0.522 e. The maximum atomic E-state index is 12.0. The number of hydrogen-bond donors (Lipinski definition) is 1. The summed E-state index contributed by atoms with van der Waals surface area (Å²) in [6.07, 6.45) is -3.74. The van der Waals surface area contributed by atoms with Crippen LogP contribution in [0.25, 0.3) is 10.9 Å². The van der Waals surface area contributed by atoms with Crippen LogP contribution < -0.4 is 5.43 Å². The molecule has 8 heteroatoms. The van der Waals surface area contributed by atoms with E-state index in [9.17, 15) is 22.8 Å². The lowest BCUT2D eigenvalue weighted by atomic mass is 10.1. The van der Waals surface area contributed by atoms with Gasteiger partial charge in [0.05, 0.1) is 12.1 Å². The van der Waals surface area contributed by atoms with E-state index >= 15 is 0 Å². The van der Waals surface area contributed by atoms with E-state index in [0.29, 0.717) is 5.52 Å². The lowest BCUT2D eigenvalue weighted by molar-refractivity contribution is -0.325. The van der Waals surface area contributed by atoms with Gasteiger partial charge < -0.3 is 9.67 Å². The average molecular weight is 301 g/mol. The van der Waals surface area contributed by atoms with Crippen molar-refractivity contribution >= 4 is 16.9 Å². The van der Waals surface area contributed by atoms with E-state index in [0.717, 1.165) is 6.20 Å². The Morgan fingerprint density at radius 2 is 1.95 bits per heavy atom. The van der Waals surface area contributed by atoms with Crippen molar-refractivity contribution in [3.8, 4) is 0 Å². The number of halogens is 3. The van der Waals surface area contributed by atoms with Crippen LogP contribution in [0.3, 0.4) is 0 Å². The molecule has 21 heavy (non-hydrogen) atoms. The first-order chi connectivity index (χ1) is 9.79. The van der Waals surface area contributed by atoms with E-state index in [1.165, 1.54) is 16.7 Å². The Bertz CT molecular complexity index is 736. The summed E-state index contributed by atoms with van der Waals surface area (Å²) in [5, 5.41) is 9.11. The molecule has 0 atom stereocenters. The van der Waals surface area contributed by atoms with Gasteiger partial charge in [0, 0.05) is 18.1 Å². The summed E-state index contributed by atoms with van der Waals surface area (Å²) in [5.41, 5.74) is -0.829. The Labute approximate surface area is 116 Å². The van der Waals surface area contributed by atoms with Gasteiger partial charge in [-0.15, -0.1) is 13.2 Å². The number of fused-ring (bicyclic) bond motifs is 1. The largest absolute Gasteiger partial charge is 0.522 e. The molecule has 0 bridgehead atoms. The molecule has 2 aromatic rings. The molecule has 1 N–H and O–H groups in total. The molecule has 1 heterocycles. The number of benzene rings is 1. The molecular weight excluding hydrogens is 291 g/mol. The smallest absolute Gasteiger partial charge is 0.477 e. The maximum absolute atomic E-state index is 12.0. The number of rotatable bonds is 4. The third-order valence-corrected chi connectivity index (χ3v) is 2.82. The second-order valence-corrected chi connectivity index (χ2v) is 4.18. The molecule has 1 aromatic carbocycles. The van der Waals surface area contributed by atoms with Gasteiger partial charge in [-0.25, -0.2) is 4.79 Å². The predicted octanol–water partition coefficient (Wildman–Crippen LogP) is 2.24. The second-order valence-electron chi connectivity index (χ2n) is 4.18. The molecule has 0 amide bonds. The van der Waals surface area contributed by atoms with Gasteiger partial charge in [-0.05, 0) is 12.1 Å². The molecule has 0 fully saturated rings. The lowest BCUT2D eigenvalue weighted by Gasteiger charge is -2.13. The van der Waals surface area contributed by atoms with Gasteiger partial charge in [0.1, 0.15) is 5.56 Å². The van der Waals surface area contributed by atoms with Crippen molar-refractivity contribution in [3.63, 3.8) is 0 Å². The van der Waals surface area contributed by atoms with Crippen LogP contribution >= 0.6 is 0 Å². The van der Waals surface area contributed by atoms with Crippen molar-refractivity contribution < 1.29 is 27.8 Å². The van der Waals surface area contributed by atoms with Crippen molar-refractivity contribution in [1.82, 2.24) is 4.57 Å². The molecule has 112 valence electrons. The minimum Gasteiger partial charge on any atom is -0.477 e. The number of aromatic carboxylic acids is 1. The quantitative estimate of drug-likeness (QED) is 0.940. The van der Waals surface area contributed by atoms with Crippen LogP contribution in [0.5, 0.6) is 0 Å². The van der Waals surface area contributed by atoms with E-state index in [1.807, 2.05) is 0 Å².